The minimum atomic E-state index is -0.495. The Labute approximate surface area is 200 Å². The summed E-state index contributed by atoms with van der Waals surface area (Å²) in [7, 11) is 1.87. The number of aliphatic hydroxyl groups is 1. The first-order chi connectivity index (χ1) is 16.3. The molecule has 176 valence electrons. The van der Waals surface area contributed by atoms with Crippen molar-refractivity contribution in [3.05, 3.63) is 59.3 Å². The van der Waals surface area contributed by atoms with Crippen LogP contribution in [0.25, 0.3) is 32.9 Å². The average Bonchev–Trinajstić information content (AvgIpc) is 2.82. The number of fused-ring (bicyclic) bond motifs is 1. The molecule has 4 aromatic rings. The van der Waals surface area contributed by atoms with Gasteiger partial charge in [-0.25, -0.2) is 4.98 Å². The number of aryl methyl sites for hydroxylation is 1. The maximum Gasteiger partial charge on any atom is 0.129 e. The highest BCUT2D eigenvalue weighted by atomic mass is 16.5. The van der Waals surface area contributed by atoms with Crippen LogP contribution >= 0.6 is 0 Å². The van der Waals surface area contributed by atoms with Crippen LogP contribution in [0.3, 0.4) is 0 Å². The van der Waals surface area contributed by atoms with E-state index in [1.807, 2.05) is 46.1 Å². The number of anilines is 1. The van der Waals surface area contributed by atoms with Gasteiger partial charge in [0, 0.05) is 36.0 Å². The summed E-state index contributed by atoms with van der Waals surface area (Å²) in [6.07, 6.45) is 2.24. The van der Waals surface area contributed by atoms with Crippen molar-refractivity contribution in [3.63, 3.8) is 0 Å². The lowest BCUT2D eigenvalue weighted by molar-refractivity contribution is -0.0821. The molecule has 2 aromatic carbocycles. The molecule has 0 unspecified atom stereocenters. The van der Waals surface area contributed by atoms with Crippen LogP contribution in [-0.2, 0) is 11.2 Å². The van der Waals surface area contributed by atoms with Crippen LogP contribution in [0.2, 0.25) is 0 Å². The Hall–Kier alpha value is -3.22. The molecule has 0 fully saturated rings. The number of nitrogens with zero attached hydrogens (tertiary/aromatic N) is 2. The van der Waals surface area contributed by atoms with Gasteiger partial charge in [-0.05, 0) is 86.3 Å². The van der Waals surface area contributed by atoms with E-state index in [9.17, 15) is 5.11 Å². The number of rotatable bonds is 5. The summed E-state index contributed by atoms with van der Waals surface area (Å²) in [6, 6.07) is 12.3. The Morgan fingerprint density at radius 3 is 2.74 bits per heavy atom. The summed E-state index contributed by atoms with van der Waals surface area (Å²) >= 11 is 0. The second kappa shape index (κ2) is 8.53. The third-order valence-corrected chi connectivity index (χ3v) is 6.32. The molecule has 2 N–H and O–H groups in total. The van der Waals surface area contributed by atoms with Crippen molar-refractivity contribution >= 4 is 27.6 Å². The van der Waals surface area contributed by atoms with Crippen molar-refractivity contribution in [1.29, 1.82) is 0 Å². The van der Waals surface area contributed by atoms with E-state index in [0.29, 0.717) is 6.61 Å². The van der Waals surface area contributed by atoms with E-state index >= 15 is 0 Å². The number of hydrogen-bond donors (Lipinski definition) is 2. The van der Waals surface area contributed by atoms with Crippen LogP contribution < -0.4 is 10.1 Å². The quantitative estimate of drug-likeness (QED) is 0.407. The molecule has 2 aromatic heterocycles. The molecule has 1 aliphatic heterocycles. The van der Waals surface area contributed by atoms with Gasteiger partial charge in [-0.15, -0.1) is 0 Å². The van der Waals surface area contributed by atoms with Gasteiger partial charge in [0.05, 0.1) is 29.8 Å². The van der Waals surface area contributed by atoms with Crippen LogP contribution in [0, 0.1) is 6.92 Å². The monoisotopic (exact) mass is 457 g/mol. The zero-order valence-electron chi connectivity index (χ0n) is 20.4. The van der Waals surface area contributed by atoms with E-state index in [-0.39, 0.29) is 6.61 Å². The SMILES string of the molecule is CNc1ccc2c(-c3ccc4c5c(ccnc35)CCO4)c([C@@H](CO)OC(C)(C)C)c(C)cc2n1. The number of benzene rings is 2. The van der Waals surface area contributed by atoms with Gasteiger partial charge in [0.2, 0.25) is 0 Å². The lowest BCUT2D eigenvalue weighted by Crippen LogP contribution is -2.25. The fraction of sp³-hybridized carbons (Fsp3) is 0.357. The molecular weight excluding hydrogens is 426 g/mol. The highest BCUT2D eigenvalue weighted by Gasteiger charge is 2.28. The van der Waals surface area contributed by atoms with Crippen LogP contribution in [0.4, 0.5) is 5.82 Å². The van der Waals surface area contributed by atoms with Crippen LogP contribution in [0.5, 0.6) is 5.75 Å². The van der Waals surface area contributed by atoms with Crippen molar-refractivity contribution < 1.29 is 14.6 Å². The Kier molecular flexibility index (Phi) is 5.66. The maximum absolute atomic E-state index is 10.5. The van der Waals surface area contributed by atoms with Gasteiger partial charge in [0.25, 0.3) is 0 Å². The van der Waals surface area contributed by atoms with Gasteiger partial charge >= 0.3 is 0 Å². The summed E-state index contributed by atoms with van der Waals surface area (Å²) in [5, 5.41) is 15.6. The lowest BCUT2D eigenvalue weighted by Gasteiger charge is -2.30. The molecule has 1 atom stereocenters. The topological polar surface area (TPSA) is 76.5 Å². The van der Waals surface area contributed by atoms with Gasteiger partial charge in [-0.3, -0.25) is 4.98 Å². The van der Waals surface area contributed by atoms with E-state index in [4.69, 9.17) is 19.4 Å². The Bertz CT molecular complexity index is 1380. The highest BCUT2D eigenvalue weighted by Crippen LogP contribution is 2.44. The smallest absolute Gasteiger partial charge is 0.129 e. The predicted octanol–water partition coefficient (Wildman–Crippen LogP) is 5.58. The summed E-state index contributed by atoms with van der Waals surface area (Å²) in [6.45, 7) is 8.63. The molecule has 0 bridgehead atoms. The first-order valence-electron chi connectivity index (χ1n) is 11.7. The predicted molar refractivity (Wildman–Crippen MR) is 137 cm³/mol. The lowest BCUT2D eigenvalue weighted by atomic mass is 9.86. The molecule has 1 aliphatic rings. The molecule has 0 aliphatic carbocycles. The minimum Gasteiger partial charge on any atom is -0.493 e. The maximum atomic E-state index is 10.5. The van der Waals surface area contributed by atoms with E-state index < -0.39 is 11.7 Å². The van der Waals surface area contributed by atoms with Crippen molar-refractivity contribution in [1.82, 2.24) is 9.97 Å². The third-order valence-electron chi connectivity index (χ3n) is 6.32. The Morgan fingerprint density at radius 1 is 1.18 bits per heavy atom. The normalized spacial score (nSPS) is 14.3. The first-order valence-corrected chi connectivity index (χ1v) is 11.7. The van der Waals surface area contributed by atoms with Crippen LogP contribution in [0.1, 0.15) is 43.6 Å². The largest absolute Gasteiger partial charge is 0.493 e. The molecule has 5 rings (SSSR count). The van der Waals surface area contributed by atoms with Gasteiger partial charge in [0.15, 0.2) is 0 Å². The summed E-state index contributed by atoms with van der Waals surface area (Å²) in [5.41, 5.74) is 6.56. The zero-order valence-corrected chi connectivity index (χ0v) is 20.4. The average molecular weight is 458 g/mol. The molecule has 0 saturated heterocycles. The van der Waals surface area contributed by atoms with Crippen LogP contribution in [0.15, 0.2) is 42.6 Å². The second-order valence-corrected chi connectivity index (χ2v) is 9.80. The Balaban J connectivity index is 1.88. The molecule has 6 nitrogen and oxygen atoms in total. The van der Waals surface area contributed by atoms with Crippen molar-refractivity contribution in [2.24, 2.45) is 0 Å². The van der Waals surface area contributed by atoms with E-state index in [2.05, 4.69) is 36.5 Å². The molecule has 34 heavy (non-hydrogen) atoms. The second-order valence-electron chi connectivity index (χ2n) is 9.80. The number of aromatic nitrogens is 2. The van der Waals surface area contributed by atoms with E-state index in [0.717, 1.165) is 62.0 Å². The van der Waals surface area contributed by atoms with E-state index in [1.54, 1.807) is 0 Å². The fourth-order valence-corrected chi connectivity index (χ4v) is 4.98. The summed E-state index contributed by atoms with van der Waals surface area (Å²) < 4.78 is 12.3. The Morgan fingerprint density at radius 2 is 2.00 bits per heavy atom. The number of hydrogen-bond acceptors (Lipinski definition) is 6. The van der Waals surface area contributed by atoms with Crippen LogP contribution in [-0.4, -0.2) is 40.9 Å². The van der Waals surface area contributed by atoms with Crippen molar-refractivity contribution in [2.75, 3.05) is 25.6 Å². The number of aliphatic hydroxyl groups excluding tert-OH is 1. The van der Waals surface area contributed by atoms with Crippen molar-refractivity contribution in [3.8, 4) is 16.9 Å². The van der Waals surface area contributed by atoms with Gasteiger partial charge in [-0.1, -0.05) is 0 Å². The van der Waals surface area contributed by atoms with Gasteiger partial charge in [0.1, 0.15) is 17.7 Å². The standard InChI is InChI=1S/C28H31N3O3/c1-16-14-20-18(7-9-23(29-5)31-20)26(24(16)22(15-32)34-28(2,3)4)19-6-8-21-25-17(11-13-33-21)10-12-30-27(19)25/h6-10,12,14,22,32H,11,13,15H2,1-5H3,(H,29,31)/t22-/m1/s1. The fourth-order valence-electron chi connectivity index (χ4n) is 4.98. The number of pyridine rings is 2. The molecule has 0 radical (unpaired) electrons. The van der Waals surface area contributed by atoms with Gasteiger partial charge < -0.3 is 19.9 Å². The molecule has 6 heteroatoms. The van der Waals surface area contributed by atoms with E-state index in [1.165, 1.54) is 5.56 Å². The number of ether oxygens (including phenoxy) is 2. The molecular formula is C28H31N3O3. The molecule has 0 saturated carbocycles. The van der Waals surface area contributed by atoms with Gasteiger partial charge in [-0.2, -0.15) is 0 Å². The first kappa shape index (κ1) is 22.6. The van der Waals surface area contributed by atoms with Crippen molar-refractivity contribution in [2.45, 2.75) is 45.8 Å². The summed E-state index contributed by atoms with van der Waals surface area (Å²) in [4.78, 5) is 9.64. The highest BCUT2D eigenvalue weighted by molar-refractivity contribution is 6.07. The molecule has 0 amide bonds. The minimum absolute atomic E-state index is 0.129. The zero-order chi connectivity index (χ0) is 24.0. The third kappa shape index (κ3) is 3.87. The summed E-state index contributed by atoms with van der Waals surface area (Å²) in [5.74, 6) is 1.67. The molecule has 0 spiro atoms. The molecule has 3 heterocycles. The number of nitrogens with one attached hydrogen (secondary N) is 1.